The van der Waals surface area contributed by atoms with Gasteiger partial charge in [0.15, 0.2) is 0 Å². The smallest absolute Gasteiger partial charge is 0.296 e. The zero-order valence-electron chi connectivity index (χ0n) is 13.8. The molecule has 1 unspecified atom stereocenters. The predicted molar refractivity (Wildman–Crippen MR) is 94.9 cm³/mol. The topological polar surface area (TPSA) is 29.1 Å². The van der Waals surface area contributed by atoms with Gasteiger partial charge < -0.3 is 5.32 Å². The Kier molecular flexibility index (Phi) is 6.44. The standard InChI is InChI=1S/C21H23NO/c1-3-4-6-11-21(23)22-20(19-9-7-5-8-10-19)16-18-14-12-17(2)13-15-18/h5,7-10,12-15,20H,3-4,16H2,1-2H3,(H,22,23). The van der Waals surface area contributed by atoms with Crippen LogP contribution >= 0.6 is 0 Å². The van der Waals surface area contributed by atoms with Crippen molar-refractivity contribution in [3.8, 4) is 11.8 Å². The Labute approximate surface area is 138 Å². The highest BCUT2D eigenvalue weighted by Crippen LogP contribution is 2.18. The number of aryl methyl sites for hydroxylation is 1. The summed E-state index contributed by atoms with van der Waals surface area (Å²) in [7, 11) is 0. The van der Waals surface area contributed by atoms with Crippen LogP contribution in [0, 0.1) is 18.8 Å². The maximum atomic E-state index is 12.1. The molecule has 2 rings (SSSR count). The van der Waals surface area contributed by atoms with Gasteiger partial charge in [0.25, 0.3) is 5.91 Å². The zero-order chi connectivity index (χ0) is 16.5. The van der Waals surface area contributed by atoms with Crippen molar-refractivity contribution in [1.82, 2.24) is 5.32 Å². The van der Waals surface area contributed by atoms with Crippen molar-refractivity contribution >= 4 is 5.91 Å². The van der Waals surface area contributed by atoms with Crippen LogP contribution in [0.15, 0.2) is 54.6 Å². The van der Waals surface area contributed by atoms with Gasteiger partial charge in [-0.05, 0) is 36.8 Å². The minimum absolute atomic E-state index is 0.0673. The molecule has 1 atom stereocenters. The van der Waals surface area contributed by atoms with Gasteiger partial charge in [0, 0.05) is 6.42 Å². The molecule has 0 saturated carbocycles. The number of hydrogen-bond donors (Lipinski definition) is 1. The number of carbonyl (C=O) groups excluding carboxylic acids is 1. The van der Waals surface area contributed by atoms with Crippen LogP contribution in [0.3, 0.4) is 0 Å². The summed E-state index contributed by atoms with van der Waals surface area (Å²) in [5.74, 6) is 5.37. The van der Waals surface area contributed by atoms with Crippen molar-refractivity contribution in [3.63, 3.8) is 0 Å². The van der Waals surface area contributed by atoms with Crippen LogP contribution in [-0.2, 0) is 11.2 Å². The second kappa shape index (κ2) is 8.80. The van der Waals surface area contributed by atoms with E-state index in [2.05, 4.69) is 55.3 Å². The summed E-state index contributed by atoms with van der Waals surface area (Å²) in [5, 5.41) is 3.04. The first-order valence-electron chi connectivity index (χ1n) is 8.09. The molecule has 0 aliphatic rings. The number of amides is 1. The molecule has 1 amide bonds. The molecule has 0 spiro atoms. The van der Waals surface area contributed by atoms with E-state index in [-0.39, 0.29) is 11.9 Å². The Bertz CT molecular complexity index is 677. The molecule has 0 aromatic heterocycles. The number of rotatable bonds is 5. The second-order valence-electron chi connectivity index (χ2n) is 5.68. The van der Waals surface area contributed by atoms with Crippen LogP contribution in [0.2, 0.25) is 0 Å². The van der Waals surface area contributed by atoms with Gasteiger partial charge in [0.2, 0.25) is 0 Å². The molecule has 118 valence electrons. The lowest BCUT2D eigenvalue weighted by Crippen LogP contribution is -2.28. The summed E-state index contributed by atoms with van der Waals surface area (Å²) in [4.78, 5) is 12.1. The average Bonchev–Trinajstić information content (AvgIpc) is 2.57. The van der Waals surface area contributed by atoms with Gasteiger partial charge in [0.05, 0.1) is 6.04 Å². The average molecular weight is 305 g/mol. The maximum Gasteiger partial charge on any atom is 0.296 e. The van der Waals surface area contributed by atoms with Gasteiger partial charge in [0.1, 0.15) is 0 Å². The summed E-state index contributed by atoms with van der Waals surface area (Å²) in [6.07, 6.45) is 2.47. The van der Waals surface area contributed by atoms with Gasteiger partial charge in [-0.1, -0.05) is 73.0 Å². The highest BCUT2D eigenvalue weighted by molar-refractivity contribution is 5.93. The molecule has 0 aliphatic carbocycles. The van der Waals surface area contributed by atoms with E-state index in [1.165, 1.54) is 11.1 Å². The Hall–Kier alpha value is -2.53. The van der Waals surface area contributed by atoms with E-state index in [1.54, 1.807) is 0 Å². The summed E-state index contributed by atoms with van der Waals surface area (Å²) in [6.45, 7) is 4.13. The lowest BCUT2D eigenvalue weighted by atomic mass is 9.98. The number of nitrogens with one attached hydrogen (secondary N) is 1. The Balaban J connectivity index is 2.14. The monoisotopic (exact) mass is 305 g/mol. The summed E-state index contributed by atoms with van der Waals surface area (Å²) < 4.78 is 0. The first-order chi connectivity index (χ1) is 11.2. The largest absolute Gasteiger partial charge is 0.338 e. The molecule has 2 nitrogen and oxygen atoms in total. The third-order valence-corrected chi connectivity index (χ3v) is 3.64. The van der Waals surface area contributed by atoms with Crippen LogP contribution < -0.4 is 5.32 Å². The fourth-order valence-electron chi connectivity index (χ4n) is 2.36. The fraction of sp³-hybridized carbons (Fsp3) is 0.286. The third kappa shape index (κ3) is 5.64. The summed E-state index contributed by atoms with van der Waals surface area (Å²) in [5.41, 5.74) is 3.53. The van der Waals surface area contributed by atoms with Crippen molar-refractivity contribution in [3.05, 3.63) is 71.3 Å². The fourth-order valence-corrected chi connectivity index (χ4v) is 2.36. The summed E-state index contributed by atoms with van der Waals surface area (Å²) in [6, 6.07) is 18.4. The quantitative estimate of drug-likeness (QED) is 0.824. The van der Waals surface area contributed by atoms with Crippen molar-refractivity contribution in [1.29, 1.82) is 0 Å². The van der Waals surface area contributed by atoms with Crippen molar-refractivity contribution in [2.75, 3.05) is 0 Å². The van der Waals surface area contributed by atoms with Gasteiger partial charge in [-0.2, -0.15) is 0 Å². The third-order valence-electron chi connectivity index (χ3n) is 3.64. The number of hydrogen-bond acceptors (Lipinski definition) is 1. The van der Waals surface area contributed by atoms with Crippen LogP contribution in [0.5, 0.6) is 0 Å². The van der Waals surface area contributed by atoms with Gasteiger partial charge in [-0.3, -0.25) is 4.79 Å². The number of benzene rings is 2. The van der Waals surface area contributed by atoms with E-state index in [4.69, 9.17) is 0 Å². The highest BCUT2D eigenvalue weighted by atomic mass is 16.1. The van der Waals surface area contributed by atoms with E-state index in [0.717, 1.165) is 24.8 Å². The van der Waals surface area contributed by atoms with Crippen LogP contribution in [0.1, 0.15) is 42.5 Å². The zero-order valence-corrected chi connectivity index (χ0v) is 13.8. The van der Waals surface area contributed by atoms with E-state index in [0.29, 0.717) is 0 Å². The first kappa shape index (κ1) is 16.8. The molecular weight excluding hydrogens is 282 g/mol. The molecule has 23 heavy (non-hydrogen) atoms. The second-order valence-corrected chi connectivity index (χ2v) is 5.68. The predicted octanol–water partition coefficient (Wildman–Crippen LogP) is 4.20. The number of unbranched alkanes of at least 4 members (excludes halogenated alkanes) is 1. The van der Waals surface area contributed by atoms with Crippen LogP contribution in [0.4, 0.5) is 0 Å². The lowest BCUT2D eigenvalue weighted by Gasteiger charge is -2.18. The first-order valence-corrected chi connectivity index (χ1v) is 8.09. The molecule has 0 bridgehead atoms. The molecule has 0 radical (unpaired) electrons. The van der Waals surface area contributed by atoms with Gasteiger partial charge in [-0.15, -0.1) is 0 Å². The minimum Gasteiger partial charge on any atom is -0.338 e. The van der Waals surface area contributed by atoms with E-state index < -0.39 is 0 Å². The Morgan fingerprint density at radius 2 is 1.78 bits per heavy atom. The van der Waals surface area contributed by atoms with E-state index >= 15 is 0 Å². The summed E-state index contributed by atoms with van der Waals surface area (Å²) >= 11 is 0. The molecule has 2 heteroatoms. The maximum absolute atomic E-state index is 12.1. The molecule has 0 fully saturated rings. The van der Waals surface area contributed by atoms with Crippen molar-refractivity contribution in [2.45, 2.75) is 39.2 Å². The Morgan fingerprint density at radius 3 is 2.43 bits per heavy atom. The molecule has 1 N–H and O–H groups in total. The molecule has 2 aromatic carbocycles. The lowest BCUT2D eigenvalue weighted by molar-refractivity contribution is -0.116. The van der Waals surface area contributed by atoms with Gasteiger partial charge >= 0.3 is 0 Å². The SMILES string of the molecule is CCCC#CC(=O)NC(Cc1ccc(C)cc1)c1ccccc1. The van der Waals surface area contributed by atoms with Crippen LogP contribution in [-0.4, -0.2) is 5.91 Å². The van der Waals surface area contributed by atoms with E-state index in [1.807, 2.05) is 30.3 Å². The van der Waals surface area contributed by atoms with Gasteiger partial charge in [-0.25, -0.2) is 0 Å². The highest BCUT2D eigenvalue weighted by Gasteiger charge is 2.14. The van der Waals surface area contributed by atoms with Crippen molar-refractivity contribution in [2.24, 2.45) is 0 Å². The van der Waals surface area contributed by atoms with E-state index in [9.17, 15) is 4.79 Å². The molecule has 0 saturated heterocycles. The molecular formula is C21H23NO. The molecule has 0 heterocycles. The van der Waals surface area contributed by atoms with Crippen molar-refractivity contribution < 1.29 is 4.79 Å². The number of carbonyl (C=O) groups is 1. The normalized spacial score (nSPS) is 11.2. The van der Waals surface area contributed by atoms with Crippen LogP contribution in [0.25, 0.3) is 0 Å². The molecule has 2 aromatic rings. The minimum atomic E-state index is -0.209. The molecule has 0 aliphatic heterocycles. The Morgan fingerprint density at radius 1 is 1.09 bits per heavy atom.